The van der Waals surface area contributed by atoms with Gasteiger partial charge in [-0.05, 0) is 0 Å². The lowest BCUT2D eigenvalue weighted by Crippen LogP contribution is -2.69. The van der Waals surface area contributed by atoms with Crippen LogP contribution in [0.3, 0.4) is 0 Å². The fraction of sp³-hybridized carbons (Fsp3) is 1.00. The van der Waals surface area contributed by atoms with Crippen LogP contribution >= 0.6 is 0 Å². The van der Waals surface area contributed by atoms with Crippen LogP contribution in [0.4, 0.5) is 0 Å². The molecule has 0 aromatic rings. The Hall–Kier alpha value is -0.480. The maximum absolute atomic E-state index is 10.5. The van der Waals surface area contributed by atoms with Crippen LogP contribution in [0, 0.1) is 0 Å². The maximum atomic E-state index is 10.5. The van der Waals surface area contributed by atoms with Gasteiger partial charge in [0.2, 0.25) is 0 Å². The summed E-state index contributed by atoms with van der Waals surface area (Å²) in [7, 11) is 0. The van der Waals surface area contributed by atoms with E-state index in [4.69, 9.17) is 15.2 Å². The first-order valence-corrected chi connectivity index (χ1v) is 8.47. The van der Waals surface area contributed by atoms with Crippen molar-refractivity contribution in [2.45, 2.75) is 55.3 Å². The van der Waals surface area contributed by atoms with Gasteiger partial charge in [-0.15, -0.1) is 0 Å². The van der Waals surface area contributed by atoms with E-state index >= 15 is 0 Å². The highest BCUT2D eigenvalue weighted by Crippen LogP contribution is 2.27. The summed E-state index contributed by atoms with van der Waals surface area (Å²) in [6.07, 6.45) is -13.0. The third kappa shape index (κ3) is 4.67. The number of nitrogens with zero attached hydrogens (tertiary/aromatic N) is 1. The summed E-state index contributed by atoms with van der Waals surface area (Å²) in [6.45, 7) is 0.00367. The summed E-state index contributed by atoms with van der Waals surface area (Å²) in [5.41, 5.74) is 5.38. The molecule has 2 fully saturated rings. The van der Waals surface area contributed by atoms with Crippen molar-refractivity contribution in [1.82, 2.24) is 10.2 Å². The zero-order chi connectivity index (χ0) is 19.4. The van der Waals surface area contributed by atoms with Crippen molar-refractivity contribution in [1.29, 1.82) is 0 Å². The largest absolute Gasteiger partial charge is 0.388 e. The van der Waals surface area contributed by atoms with Crippen LogP contribution in [0.1, 0.15) is 0 Å². The highest BCUT2D eigenvalue weighted by Gasteiger charge is 2.50. The normalized spacial score (nSPS) is 42.8. The van der Waals surface area contributed by atoms with Crippen LogP contribution in [-0.4, -0.2) is 129 Å². The molecule has 2 rings (SSSR count). The third-order valence-electron chi connectivity index (χ3n) is 4.53. The lowest BCUT2D eigenvalue weighted by molar-refractivity contribution is -0.316. The van der Waals surface area contributed by atoms with Crippen molar-refractivity contribution in [3.63, 3.8) is 0 Å². The predicted molar refractivity (Wildman–Crippen MR) is 85.3 cm³/mol. The SMILES string of the molecule is NCCNCC(O)N([C@@H]1OC[C@@H](O)[C@H](O)[C@H]1O)[C@@H]1OC[C@@H](O)[C@H](O)[C@H]1O. The fourth-order valence-electron chi connectivity index (χ4n) is 3.03. The van der Waals surface area contributed by atoms with E-state index in [1.54, 1.807) is 0 Å². The summed E-state index contributed by atoms with van der Waals surface area (Å²) in [5, 5.41) is 72.9. The molecule has 9 atom stereocenters. The first-order valence-electron chi connectivity index (χ1n) is 8.47. The van der Waals surface area contributed by atoms with Crippen molar-refractivity contribution in [2.75, 3.05) is 32.8 Å². The summed E-state index contributed by atoms with van der Waals surface area (Å²) < 4.78 is 10.7. The summed E-state index contributed by atoms with van der Waals surface area (Å²) in [4.78, 5) is 1.04. The molecular weight excluding hydrogens is 354 g/mol. The Balaban J connectivity index is 2.21. The van der Waals surface area contributed by atoms with Crippen LogP contribution in [0.15, 0.2) is 0 Å². The van der Waals surface area contributed by atoms with E-state index in [0.29, 0.717) is 13.1 Å². The van der Waals surface area contributed by atoms with E-state index in [9.17, 15) is 35.7 Å². The van der Waals surface area contributed by atoms with Gasteiger partial charge < -0.3 is 56.3 Å². The molecule has 0 spiro atoms. The fourth-order valence-corrected chi connectivity index (χ4v) is 3.03. The zero-order valence-electron chi connectivity index (χ0n) is 14.2. The first kappa shape index (κ1) is 21.8. The Kier molecular flexibility index (Phi) is 8.08. The highest BCUT2D eigenvalue weighted by atomic mass is 16.6. The Morgan fingerprint density at radius 2 is 1.35 bits per heavy atom. The van der Waals surface area contributed by atoms with Crippen molar-refractivity contribution in [2.24, 2.45) is 5.73 Å². The lowest BCUT2D eigenvalue weighted by Gasteiger charge is -2.49. The second-order valence-electron chi connectivity index (χ2n) is 6.47. The molecule has 0 radical (unpaired) electrons. The van der Waals surface area contributed by atoms with Crippen LogP contribution in [0.2, 0.25) is 0 Å². The monoisotopic (exact) mass is 383 g/mol. The zero-order valence-corrected chi connectivity index (χ0v) is 14.2. The second kappa shape index (κ2) is 9.64. The molecule has 0 bridgehead atoms. The van der Waals surface area contributed by atoms with Crippen LogP contribution in [0.25, 0.3) is 0 Å². The number of ether oxygens (including phenoxy) is 2. The number of nitrogens with two attached hydrogens (primary N) is 1. The smallest absolute Gasteiger partial charge is 0.143 e. The molecule has 10 N–H and O–H groups in total. The Morgan fingerprint density at radius 1 is 0.885 bits per heavy atom. The molecule has 0 amide bonds. The molecule has 2 aliphatic rings. The highest BCUT2D eigenvalue weighted by molar-refractivity contribution is 4.93. The average Bonchev–Trinajstić information content (AvgIpc) is 2.61. The van der Waals surface area contributed by atoms with E-state index in [-0.39, 0.29) is 19.8 Å². The molecule has 12 heteroatoms. The van der Waals surface area contributed by atoms with E-state index in [1.807, 2.05) is 0 Å². The lowest BCUT2D eigenvalue weighted by atomic mass is 9.99. The Bertz CT molecular complexity index is 404. The topological polar surface area (TPSA) is 201 Å². The van der Waals surface area contributed by atoms with E-state index in [1.165, 1.54) is 0 Å². The molecular formula is C14H29N3O9. The molecule has 154 valence electrons. The second-order valence-corrected chi connectivity index (χ2v) is 6.47. The molecule has 0 saturated carbocycles. The number of hydrogen-bond donors (Lipinski definition) is 9. The number of nitrogens with one attached hydrogen (secondary N) is 1. The van der Waals surface area contributed by atoms with Crippen molar-refractivity contribution in [3.8, 4) is 0 Å². The molecule has 1 unspecified atom stereocenters. The van der Waals surface area contributed by atoms with Crippen molar-refractivity contribution in [3.05, 3.63) is 0 Å². The van der Waals surface area contributed by atoms with Crippen molar-refractivity contribution >= 4 is 0 Å². The molecule has 0 aromatic heterocycles. The average molecular weight is 383 g/mol. The number of rotatable bonds is 7. The van der Waals surface area contributed by atoms with Gasteiger partial charge in [-0.2, -0.15) is 0 Å². The van der Waals surface area contributed by atoms with Gasteiger partial charge in [0.1, 0.15) is 55.3 Å². The molecule has 2 saturated heterocycles. The van der Waals surface area contributed by atoms with Gasteiger partial charge >= 0.3 is 0 Å². The number of aliphatic hydroxyl groups is 7. The van der Waals surface area contributed by atoms with Gasteiger partial charge in [-0.3, -0.25) is 0 Å². The molecule has 26 heavy (non-hydrogen) atoms. The van der Waals surface area contributed by atoms with Gasteiger partial charge in [-0.25, -0.2) is 4.90 Å². The van der Waals surface area contributed by atoms with E-state index in [2.05, 4.69) is 5.32 Å². The molecule has 0 aromatic carbocycles. The van der Waals surface area contributed by atoms with Gasteiger partial charge in [0.25, 0.3) is 0 Å². The number of hydrogen-bond acceptors (Lipinski definition) is 12. The number of aliphatic hydroxyl groups excluding tert-OH is 7. The van der Waals surface area contributed by atoms with Gasteiger partial charge in [-0.1, -0.05) is 0 Å². The molecule has 2 heterocycles. The van der Waals surface area contributed by atoms with Crippen LogP contribution in [0.5, 0.6) is 0 Å². The minimum atomic E-state index is -1.62. The van der Waals surface area contributed by atoms with Crippen molar-refractivity contribution < 1.29 is 45.2 Å². The summed E-state index contributed by atoms with van der Waals surface area (Å²) in [6, 6.07) is 0. The summed E-state index contributed by atoms with van der Waals surface area (Å²) >= 11 is 0. The maximum Gasteiger partial charge on any atom is 0.143 e. The molecule has 0 aliphatic carbocycles. The van der Waals surface area contributed by atoms with Gasteiger partial charge in [0, 0.05) is 19.6 Å². The minimum absolute atomic E-state index is 0.0480. The first-order chi connectivity index (χ1) is 12.3. The van der Waals surface area contributed by atoms with E-state index in [0.717, 1.165) is 4.90 Å². The quantitative estimate of drug-likeness (QED) is 0.149. The van der Waals surface area contributed by atoms with Gasteiger partial charge in [0.15, 0.2) is 0 Å². The Labute approximate surface area is 150 Å². The Morgan fingerprint density at radius 3 is 1.77 bits per heavy atom. The van der Waals surface area contributed by atoms with Crippen LogP contribution < -0.4 is 11.1 Å². The van der Waals surface area contributed by atoms with E-state index < -0.39 is 55.3 Å². The molecule has 12 nitrogen and oxygen atoms in total. The molecule has 2 aliphatic heterocycles. The van der Waals surface area contributed by atoms with Gasteiger partial charge in [0.05, 0.1) is 13.2 Å². The third-order valence-corrected chi connectivity index (χ3v) is 4.53. The summed E-state index contributed by atoms with van der Waals surface area (Å²) in [5.74, 6) is 0. The minimum Gasteiger partial charge on any atom is -0.388 e. The predicted octanol–water partition coefficient (Wildman–Crippen LogP) is -5.97. The van der Waals surface area contributed by atoms with Crippen LogP contribution in [-0.2, 0) is 9.47 Å². The standard InChI is InChI=1S/C14H29N3O9/c15-1-2-16-3-8(20)17(13-11(23)9(21)6(18)4-25-13)14-12(24)10(22)7(19)5-26-14/h6-14,16,18-24H,1-5,15H2/t6-,7-,8?,9+,10+,11-,12-,13-,14-/m1/s1.